The smallest absolute Gasteiger partial charge is 0.372 e. The minimum absolute atomic E-state index is 0.0828. The van der Waals surface area contributed by atoms with E-state index in [2.05, 4.69) is 15.2 Å². The monoisotopic (exact) mass is 525 g/mol. The van der Waals surface area contributed by atoms with E-state index in [1.807, 2.05) is 12.1 Å². The Kier molecular flexibility index (Phi) is 7.74. The van der Waals surface area contributed by atoms with Crippen molar-refractivity contribution in [3.05, 3.63) is 48.2 Å². The van der Waals surface area contributed by atoms with Gasteiger partial charge < -0.3 is 16.0 Å². The average molecular weight is 526 g/mol. The highest BCUT2D eigenvalue weighted by molar-refractivity contribution is 7.89. The van der Waals surface area contributed by atoms with Gasteiger partial charge >= 0.3 is 6.18 Å². The second kappa shape index (κ2) is 10.6. The van der Waals surface area contributed by atoms with Crippen LogP contribution in [0.1, 0.15) is 37.7 Å². The maximum Gasteiger partial charge on any atom is 0.417 e. The highest BCUT2D eigenvalue weighted by atomic mass is 32.2. The Bertz CT molecular complexity index is 1140. The Labute approximate surface area is 208 Å². The summed E-state index contributed by atoms with van der Waals surface area (Å²) >= 11 is 0. The van der Waals surface area contributed by atoms with Crippen LogP contribution in [0.25, 0.3) is 0 Å². The van der Waals surface area contributed by atoms with Crippen LogP contribution in [0.2, 0.25) is 0 Å². The molecule has 2 fully saturated rings. The molecule has 0 atom stereocenters. The summed E-state index contributed by atoms with van der Waals surface area (Å²) in [4.78, 5) is 17.4. The molecule has 1 aromatic heterocycles. The number of carbonyl (C=O) groups is 1. The number of rotatable bonds is 7. The highest BCUT2D eigenvalue weighted by Gasteiger charge is 2.32. The topological polar surface area (TPSA) is 109 Å². The molecule has 0 spiro atoms. The van der Waals surface area contributed by atoms with Crippen LogP contribution < -0.4 is 16.0 Å². The van der Waals surface area contributed by atoms with Crippen LogP contribution in [0.15, 0.2) is 47.5 Å². The molecule has 8 nitrogen and oxygen atoms in total. The lowest BCUT2D eigenvalue weighted by Crippen LogP contribution is -2.42. The SMILES string of the molecule is NC(=O)CC1CCN(c2ccc(S(=O)(=O)N3CCC(Nc4ccc(C(F)(F)F)cn4)CC3)cc2)CC1. The fourth-order valence-electron chi connectivity index (χ4n) is 4.75. The van der Waals surface area contributed by atoms with E-state index < -0.39 is 21.8 Å². The van der Waals surface area contributed by atoms with Gasteiger partial charge in [-0.05, 0) is 68.0 Å². The van der Waals surface area contributed by atoms with Crippen LogP contribution in [0.4, 0.5) is 24.7 Å². The molecule has 12 heteroatoms. The van der Waals surface area contributed by atoms with Gasteiger partial charge in [-0.2, -0.15) is 17.5 Å². The van der Waals surface area contributed by atoms with Crippen LogP contribution in [0.3, 0.4) is 0 Å². The van der Waals surface area contributed by atoms with Crippen molar-refractivity contribution in [2.45, 2.75) is 49.2 Å². The van der Waals surface area contributed by atoms with Crippen molar-refractivity contribution in [2.75, 3.05) is 36.4 Å². The number of amides is 1. The maximum atomic E-state index is 13.1. The molecule has 0 bridgehead atoms. The Morgan fingerprint density at radius 3 is 2.17 bits per heavy atom. The number of aromatic nitrogens is 1. The molecule has 1 amide bonds. The molecule has 0 radical (unpaired) electrons. The van der Waals surface area contributed by atoms with E-state index in [-0.39, 0.29) is 16.8 Å². The van der Waals surface area contributed by atoms with Crippen molar-refractivity contribution in [1.82, 2.24) is 9.29 Å². The van der Waals surface area contributed by atoms with Crippen LogP contribution in [0, 0.1) is 5.92 Å². The normalized spacial score (nSPS) is 18.8. The molecule has 2 saturated heterocycles. The van der Waals surface area contributed by atoms with Crippen molar-refractivity contribution in [3.63, 3.8) is 0 Å². The zero-order valence-corrected chi connectivity index (χ0v) is 20.6. The Morgan fingerprint density at radius 2 is 1.64 bits per heavy atom. The van der Waals surface area contributed by atoms with Gasteiger partial charge in [0.2, 0.25) is 15.9 Å². The van der Waals surface area contributed by atoms with Gasteiger partial charge in [-0.25, -0.2) is 13.4 Å². The third-order valence-electron chi connectivity index (χ3n) is 6.84. The molecule has 0 aliphatic carbocycles. The average Bonchev–Trinajstić information content (AvgIpc) is 2.84. The van der Waals surface area contributed by atoms with Gasteiger partial charge in [0.05, 0.1) is 10.5 Å². The number of halogens is 3. The van der Waals surface area contributed by atoms with Crippen LogP contribution in [-0.2, 0) is 21.0 Å². The summed E-state index contributed by atoms with van der Waals surface area (Å²) in [6, 6.07) is 9.04. The number of piperidine rings is 2. The predicted molar refractivity (Wildman–Crippen MR) is 130 cm³/mol. The van der Waals surface area contributed by atoms with Crippen molar-refractivity contribution in [3.8, 4) is 0 Å². The first-order valence-electron chi connectivity index (χ1n) is 12.0. The van der Waals surface area contributed by atoms with E-state index in [9.17, 15) is 26.4 Å². The van der Waals surface area contributed by atoms with E-state index in [0.717, 1.165) is 43.9 Å². The highest BCUT2D eigenvalue weighted by Crippen LogP contribution is 2.30. The van der Waals surface area contributed by atoms with Crippen molar-refractivity contribution in [1.29, 1.82) is 0 Å². The standard InChI is InChI=1S/C24H30F3N5O3S/c25-24(26,27)18-1-6-23(29-16-18)30-19-9-13-32(14-10-19)36(34,35)21-4-2-20(3-5-21)31-11-7-17(8-12-31)15-22(28)33/h1-6,16-17,19H,7-15H2,(H2,28,33)(H,29,30). The molecular formula is C24H30F3N5O3S. The number of carbonyl (C=O) groups excluding carboxylic acids is 1. The molecule has 36 heavy (non-hydrogen) atoms. The second-order valence-corrected chi connectivity index (χ2v) is 11.3. The van der Waals surface area contributed by atoms with Crippen molar-refractivity contribution < 1.29 is 26.4 Å². The Morgan fingerprint density at radius 1 is 1.00 bits per heavy atom. The molecule has 3 heterocycles. The van der Waals surface area contributed by atoms with Crippen LogP contribution in [0.5, 0.6) is 0 Å². The molecule has 2 aliphatic heterocycles. The Balaban J connectivity index is 1.30. The van der Waals surface area contributed by atoms with Crippen molar-refractivity contribution >= 4 is 27.4 Å². The molecule has 1 aromatic carbocycles. The van der Waals surface area contributed by atoms with Gasteiger partial charge in [0.1, 0.15) is 5.82 Å². The predicted octanol–water partition coefficient (Wildman–Crippen LogP) is 3.46. The minimum atomic E-state index is -4.44. The first kappa shape index (κ1) is 26.2. The number of nitrogens with one attached hydrogen (secondary N) is 1. The van der Waals surface area contributed by atoms with E-state index in [0.29, 0.717) is 44.1 Å². The number of hydrogen-bond donors (Lipinski definition) is 2. The summed E-state index contributed by atoms with van der Waals surface area (Å²) in [5.41, 5.74) is 5.42. The number of pyridine rings is 1. The molecule has 2 aliphatic rings. The summed E-state index contributed by atoms with van der Waals surface area (Å²) in [5, 5.41) is 3.10. The number of alkyl halides is 3. The van der Waals surface area contributed by atoms with Gasteiger partial charge in [0, 0.05) is 50.5 Å². The number of benzene rings is 1. The number of sulfonamides is 1. The molecular weight excluding hydrogens is 495 g/mol. The van der Waals surface area contributed by atoms with E-state index in [4.69, 9.17) is 5.73 Å². The van der Waals surface area contributed by atoms with Crippen LogP contribution in [-0.4, -0.2) is 55.8 Å². The van der Waals surface area contributed by atoms with Gasteiger partial charge in [-0.15, -0.1) is 0 Å². The summed E-state index contributed by atoms with van der Waals surface area (Å²) < 4.78 is 65.8. The fraction of sp³-hybridized carbons (Fsp3) is 0.500. The van der Waals surface area contributed by atoms with E-state index in [1.165, 1.54) is 10.4 Å². The molecule has 4 rings (SSSR count). The van der Waals surface area contributed by atoms with Gasteiger partial charge in [-0.3, -0.25) is 4.79 Å². The largest absolute Gasteiger partial charge is 0.417 e. The number of primary amides is 1. The molecule has 2 aromatic rings. The summed E-state index contributed by atoms with van der Waals surface area (Å²) in [7, 11) is -3.66. The lowest BCUT2D eigenvalue weighted by Gasteiger charge is -2.34. The maximum absolute atomic E-state index is 13.1. The fourth-order valence-corrected chi connectivity index (χ4v) is 6.22. The zero-order chi connectivity index (χ0) is 25.9. The first-order valence-corrected chi connectivity index (χ1v) is 13.4. The lowest BCUT2D eigenvalue weighted by molar-refractivity contribution is -0.137. The molecule has 3 N–H and O–H groups in total. The lowest BCUT2D eigenvalue weighted by atomic mass is 9.93. The van der Waals surface area contributed by atoms with Gasteiger partial charge in [0.15, 0.2) is 0 Å². The minimum Gasteiger partial charge on any atom is -0.372 e. The number of nitrogens with zero attached hydrogens (tertiary/aromatic N) is 3. The zero-order valence-electron chi connectivity index (χ0n) is 19.7. The molecule has 0 unspecified atom stereocenters. The quantitative estimate of drug-likeness (QED) is 0.573. The van der Waals surface area contributed by atoms with Crippen LogP contribution >= 0.6 is 0 Å². The number of hydrogen-bond acceptors (Lipinski definition) is 6. The van der Waals surface area contributed by atoms with Crippen molar-refractivity contribution in [2.24, 2.45) is 11.7 Å². The van der Waals surface area contributed by atoms with Gasteiger partial charge in [0.25, 0.3) is 0 Å². The van der Waals surface area contributed by atoms with E-state index in [1.54, 1.807) is 12.1 Å². The summed E-state index contributed by atoms with van der Waals surface area (Å²) in [5.74, 6) is 0.350. The number of anilines is 2. The summed E-state index contributed by atoms with van der Waals surface area (Å²) in [6.07, 6.45) is -0.484. The second-order valence-electron chi connectivity index (χ2n) is 9.35. The summed E-state index contributed by atoms with van der Waals surface area (Å²) in [6.45, 7) is 2.18. The third kappa shape index (κ3) is 6.28. The first-order chi connectivity index (χ1) is 17.0. The third-order valence-corrected chi connectivity index (χ3v) is 8.75. The molecule has 196 valence electrons. The van der Waals surface area contributed by atoms with Gasteiger partial charge in [-0.1, -0.05) is 0 Å². The molecule has 0 saturated carbocycles. The number of nitrogens with two attached hydrogens (primary N) is 1. The Hall–Kier alpha value is -2.86. The van der Waals surface area contributed by atoms with E-state index >= 15 is 0 Å².